The molecule has 2 rings (SSSR count). The minimum Gasteiger partial charge on any atom is -0.369 e. The summed E-state index contributed by atoms with van der Waals surface area (Å²) in [5, 5.41) is 6.30. The van der Waals surface area contributed by atoms with Gasteiger partial charge in [-0.2, -0.15) is 0 Å². The molecule has 2 heterocycles. The van der Waals surface area contributed by atoms with Crippen molar-refractivity contribution in [2.24, 2.45) is 0 Å². The third-order valence-corrected chi connectivity index (χ3v) is 2.59. The van der Waals surface area contributed by atoms with Crippen LogP contribution in [0.25, 0.3) is 0 Å². The van der Waals surface area contributed by atoms with E-state index in [1.165, 1.54) is 6.33 Å². The Labute approximate surface area is 111 Å². The van der Waals surface area contributed by atoms with Crippen molar-refractivity contribution in [3.63, 3.8) is 0 Å². The predicted octanol–water partition coefficient (Wildman–Crippen LogP) is 1.81. The summed E-state index contributed by atoms with van der Waals surface area (Å²) < 4.78 is 0. The van der Waals surface area contributed by atoms with E-state index in [0.29, 0.717) is 25.3 Å². The van der Waals surface area contributed by atoms with Crippen LogP contribution in [0.15, 0.2) is 30.9 Å². The van der Waals surface area contributed by atoms with E-state index < -0.39 is 0 Å². The summed E-state index contributed by atoms with van der Waals surface area (Å²) in [6.45, 7) is 2.86. The number of H-pyrrole nitrogens is 1. The number of Topliss-reactive ketones (excluding diaryl/α,β-unsaturated/α-hetero) is 1. The number of aromatic nitrogens is 3. The van der Waals surface area contributed by atoms with Crippen LogP contribution in [0.5, 0.6) is 0 Å². The Morgan fingerprint density at radius 1 is 1.32 bits per heavy atom. The number of anilines is 2. The fourth-order valence-corrected chi connectivity index (χ4v) is 1.58. The number of carbonyl (C=O) groups is 1. The Balaban J connectivity index is 1.86. The lowest BCUT2D eigenvalue weighted by Crippen LogP contribution is -2.08. The maximum absolute atomic E-state index is 10.8. The molecule has 0 atom stereocenters. The number of hydrogen-bond donors (Lipinski definition) is 3. The van der Waals surface area contributed by atoms with Crippen LogP contribution >= 0.6 is 0 Å². The van der Waals surface area contributed by atoms with Gasteiger partial charge < -0.3 is 15.6 Å². The van der Waals surface area contributed by atoms with E-state index >= 15 is 0 Å². The smallest absolute Gasteiger partial charge is 0.131 e. The SMILES string of the molecule is CC(=O)CCNc1cc(NCc2cc[nH]c2)ncn1. The van der Waals surface area contributed by atoms with Crippen LogP contribution in [-0.2, 0) is 11.3 Å². The molecular weight excluding hydrogens is 242 g/mol. The van der Waals surface area contributed by atoms with Crippen LogP contribution in [0.1, 0.15) is 18.9 Å². The standard InChI is InChI=1S/C13H17N5O/c1-10(19)2-5-15-12-6-13(18-9-17-12)16-8-11-3-4-14-7-11/h3-4,6-7,9,14H,2,5,8H2,1H3,(H2,15,16,17,18). The zero-order valence-corrected chi connectivity index (χ0v) is 10.8. The first-order valence-electron chi connectivity index (χ1n) is 6.15. The van der Waals surface area contributed by atoms with Crippen molar-refractivity contribution in [1.82, 2.24) is 15.0 Å². The highest BCUT2D eigenvalue weighted by molar-refractivity contribution is 5.75. The summed E-state index contributed by atoms with van der Waals surface area (Å²) in [5.41, 5.74) is 1.16. The highest BCUT2D eigenvalue weighted by atomic mass is 16.1. The molecule has 0 aromatic carbocycles. The molecule has 0 unspecified atom stereocenters. The Morgan fingerprint density at radius 2 is 2.11 bits per heavy atom. The minimum absolute atomic E-state index is 0.160. The molecule has 6 heteroatoms. The molecule has 0 aliphatic carbocycles. The van der Waals surface area contributed by atoms with Crippen LogP contribution in [0, 0.1) is 0 Å². The van der Waals surface area contributed by atoms with Crippen molar-refractivity contribution in [2.45, 2.75) is 19.9 Å². The quantitative estimate of drug-likeness (QED) is 0.706. The zero-order valence-electron chi connectivity index (χ0n) is 10.8. The fourth-order valence-electron chi connectivity index (χ4n) is 1.58. The van der Waals surface area contributed by atoms with Crippen molar-refractivity contribution >= 4 is 17.4 Å². The molecule has 0 saturated heterocycles. The molecule has 0 amide bonds. The van der Waals surface area contributed by atoms with Crippen LogP contribution < -0.4 is 10.6 Å². The van der Waals surface area contributed by atoms with Crippen molar-refractivity contribution in [2.75, 3.05) is 17.2 Å². The zero-order chi connectivity index (χ0) is 13.5. The van der Waals surface area contributed by atoms with E-state index in [9.17, 15) is 4.79 Å². The number of carbonyl (C=O) groups excluding carboxylic acids is 1. The molecule has 0 aliphatic rings. The molecule has 0 aliphatic heterocycles. The van der Waals surface area contributed by atoms with Crippen LogP contribution in [0.3, 0.4) is 0 Å². The van der Waals surface area contributed by atoms with Crippen molar-refractivity contribution in [1.29, 1.82) is 0 Å². The third kappa shape index (κ3) is 4.42. The first-order valence-corrected chi connectivity index (χ1v) is 6.15. The Morgan fingerprint density at radius 3 is 2.79 bits per heavy atom. The molecular formula is C13H17N5O. The van der Waals surface area contributed by atoms with Crippen LogP contribution in [0.2, 0.25) is 0 Å². The average Bonchev–Trinajstić information content (AvgIpc) is 2.89. The molecule has 100 valence electrons. The first kappa shape index (κ1) is 13.1. The van der Waals surface area contributed by atoms with E-state index in [-0.39, 0.29) is 5.78 Å². The van der Waals surface area contributed by atoms with Crippen molar-refractivity contribution < 1.29 is 4.79 Å². The summed E-state index contributed by atoms with van der Waals surface area (Å²) in [4.78, 5) is 22.1. The van der Waals surface area contributed by atoms with Gasteiger partial charge in [-0.05, 0) is 18.6 Å². The topological polar surface area (TPSA) is 82.7 Å². The van der Waals surface area contributed by atoms with E-state index in [1.807, 2.05) is 24.5 Å². The van der Waals surface area contributed by atoms with Gasteiger partial charge in [0.2, 0.25) is 0 Å². The minimum atomic E-state index is 0.160. The molecule has 2 aromatic rings. The molecule has 0 bridgehead atoms. The van der Waals surface area contributed by atoms with E-state index in [1.54, 1.807) is 6.92 Å². The van der Waals surface area contributed by atoms with Gasteiger partial charge in [-0.25, -0.2) is 9.97 Å². The second kappa shape index (κ2) is 6.53. The normalized spacial score (nSPS) is 10.2. The number of ketones is 1. The van der Waals surface area contributed by atoms with Gasteiger partial charge in [-0.15, -0.1) is 0 Å². The van der Waals surface area contributed by atoms with Crippen LogP contribution in [-0.4, -0.2) is 27.3 Å². The summed E-state index contributed by atoms with van der Waals surface area (Å²) >= 11 is 0. The summed E-state index contributed by atoms with van der Waals surface area (Å²) in [6.07, 6.45) is 5.80. The first-order chi connectivity index (χ1) is 9.24. The maximum atomic E-state index is 10.8. The summed E-state index contributed by atoms with van der Waals surface area (Å²) in [7, 11) is 0. The Bertz CT molecular complexity index is 524. The lowest BCUT2D eigenvalue weighted by Gasteiger charge is -2.07. The Kier molecular flexibility index (Phi) is 4.49. The summed E-state index contributed by atoms with van der Waals surface area (Å²) in [6, 6.07) is 3.83. The maximum Gasteiger partial charge on any atom is 0.131 e. The van der Waals surface area contributed by atoms with Crippen LogP contribution in [0.4, 0.5) is 11.6 Å². The molecule has 3 N–H and O–H groups in total. The second-order valence-corrected chi connectivity index (χ2v) is 4.24. The molecule has 6 nitrogen and oxygen atoms in total. The average molecular weight is 259 g/mol. The molecule has 2 aromatic heterocycles. The third-order valence-electron chi connectivity index (χ3n) is 2.59. The van der Waals surface area contributed by atoms with E-state index in [2.05, 4.69) is 25.6 Å². The van der Waals surface area contributed by atoms with Gasteiger partial charge in [0.25, 0.3) is 0 Å². The molecule has 19 heavy (non-hydrogen) atoms. The van der Waals surface area contributed by atoms with Gasteiger partial charge in [0.1, 0.15) is 23.7 Å². The van der Waals surface area contributed by atoms with Gasteiger partial charge in [0, 0.05) is 38.0 Å². The van der Waals surface area contributed by atoms with Crippen molar-refractivity contribution in [3.05, 3.63) is 36.4 Å². The van der Waals surface area contributed by atoms with Gasteiger partial charge in [-0.3, -0.25) is 4.79 Å². The van der Waals surface area contributed by atoms with E-state index in [0.717, 1.165) is 11.4 Å². The molecule has 0 saturated carbocycles. The second-order valence-electron chi connectivity index (χ2n) is 4.24. The van der Waals surface area contributed by atoms with Gasteiger partial charge in [-0.1, -0.05) is 0 Å². The highest BCUT2D eigenvalue weighted by Gasteiger charge is 2.00. The van der Waals surface area contributed by atoms with E-state index in [4.69, 9.17) is 0 Å². The van der Waals surface area contributed by atoms with Gasteiger partial charge in [0.15, 0.2) is 0 Å². The summed E-state index contributed by atoms with van der Waals surface area (Å²) in [5.74, 6) is 1.63. The monoisotopic (exact) mass is 259 g/mol. The number of hydrogen-bond acceptors (Lipinski definition) is 5. The lowest BCUT2D eigenvalue weighted by atomic mass is 10.3. The highest BCUT2D eigenvalue weighted by Crippen LogP contribution is 2.10. The largest absolute Gasteiger partial charge is 0.369 e. The molecule has 0 fully saturated rings. The fraction of sp³-hybridized carbons (Fsp3) is 0.308. The number of rotatable bonds is 7. The van der Waals surface area contributed by atoms with Crippen molar-refractivity contribution in [3.8, 4) is 0 Å². The lowest BCUT2D eigenvalue weighted by molar-refractivity contribution is -0.116. The molecule has 0 spiro atoms. The number of aromatic amines is 1. The predicted molar refractivity (Wildman–Crippen MR) is 73.9 cm³/mol. The molecule has 0 radical (unpaired) electrons. The Hall–Kier alpha value is -2.37. The number of nitrogens with zero attached hydrogens (tertiary/aromatic N) is 2. The number of nitrogens with one attached hydrogen (secondary N) is 3. The van der Waals surface area contributed by atoms with Gasteiger partial charge in [0.05, 0.1) is 0 Å². The van der Waals surface area contributed by atoms with Gasteiger partial charge >= 0.3 is 0 Å².